The van der Waals surface area contributed by atoms with Crippen molar-refractivity contribution < 1.29 is 50.1 Å². The first-order valence-electron chi connectivity index (χ1n) is 28.1. The van der Waals surface area contributed by atoms with Crippen LogP contribution in [-0.4, -0.2) is 92.8 Å². The van der Waals surface area contributed by atoms with E-state index in [1.807, 2.05) is 147 Å². The van der Waals surface area contributed by atoms with Crippen molar-refractivity contribution in [3.05, 3.63) is 166 Å². The monoisotopic (exact) mass is 1240 g/mol. The molecule has 0 spiro atoms. The van der Waals surface area contributed by atoms with E-state index in [-0.39, 0.29) is 43.3 Å². The van der Waals surface area contributed by atoms with E-state index in [1.165, 1.54) is 22.7 Å². The highest BCUT2D eigenvalue weighted by Gasteiger charge is 2.47. The smallest absolute Gasteiger partial charge is 0.497 e. The number of alkyl halides is 3. The summed E-state index contributed by atoms with van der Waals surface area (Å²) in [6.45, 7) is 3.48. The number of hydrogen-bond acceptors (Lipinski definition) is 14. The SMILES string of the molecule is CNC(=O)CCCCOc1ccc(-c2c3/c(=C(\C#N)c4nc5cc(OC)ccc5s4)n(B(c4ccccc4)c4ccccc4)c(-c4ccc(OCCCCC(=O)NS(=O)(=O)C(F)(F)F)cc4)c3/c(=C(\C#N)c3nc4cc(OC)ccc4s3)n2B(C)C)cc1. The van der Waals surface area contributed by atoms with Crippen LogP contribution in [-0.2, 0) is 19.6 Å². The van der Waals surface area contributed by atoms with Crippen LogP contribution in [0.4, 0.5) is 13.2 Å². The predicted octanol–water partition coefficient (Wildman–Crippen LogP) is 10.0. The van der Waals surface area contributed by atoms with Gasteiger partial charge in [0, 0.05) is 54.2 Å². The summed E-state index contributed by atoms with van der Waals surface area (Å²) < 4.78 is 92.7. The zero-order valence-corrected chi connectivity index (χ0v) is 50.9. The largest absolute Gasteiger partial charge is 0.516 e. The number of sulfonamides is 1. The summed E-state index contributed by atoms with van der Waals surface area (Å²) in [5.74, 6) is 0.854. The van der Waals surface area contributed by atoms with Gasteiger partial charge >= 0.3 is 22.4 Å². The summed E-state index contributed by atoms with van der Waals surface area (Å²) in [6.07, 6.45) is 1.40. The maximum atomic E-state index is 13.0. The molecule has 0 atom stereocenters. The van der Waals surface area contributed by atoms with Gasteiger partial charge in [-0.3, -0.25) is 9.59 Å². The van der Waals surface area contributed by atoms with Crippen molar-refractivity contribution in [1.82, 2.24) is 29.0 Å². The number of hydrogen-bond donors (Lipinski definition) is 2. The van der Waals surface area contributed by atoms with Crippen molar-refractivity contribution in [3.8, 4) is 57.7 Å². The number of rotatable bonds is 23. The first-order valence-corrected chi connectivity index (χ1v) is 31.2. The van der Waals surface area contributed by atoms with E-state index in [0.29, 0.717) is 108 Å². The van der Waals surface area contributed by atoms with E-state index >= 15 is 0 Å². The van der Waals surface area contributed by atoms with Gasteiger partial charge < -0.3 is 33.2 Å². The molecule has 0 unspecified atom stereocenters. The highest BCUT2D eigenvalue weighted by molar-refractivity contribution is 7.90. The highest BCUT2D eigenvalue weighted by atomic mass is 32.2. The van der Waals surface area contributed by atoms with Gasteiger partial charge in [-0.1, -0.05) is 85.2 Å². The Morgan fingerprint density at radius 2 is 1.02 bits per heavy atom. The number of unbranched alkanes of at least 4 members (excludes halogenated alkanes) is 2. The normalized spacial score (nSPS) is 12.3. The maximum Gasteiger partial charge on any atom is 0.516 e. The predicted molar refractivity (Wildman–Crippen MR) is 341 cm³/mol. The molecule has 4 aromatic heterocycles. The van der Waals surface area contributed by atoms with Crippen molar-refractivity contribution >= 4 is 111 Å². The van der Waals surface area contributed by atoms with E-state index in [1.54, 1.807) is 33.4 Å². The van der Waals surface area contributed by atoms with Crippen LogP contribution in [0.3, 0.4) is 0 Å². The number of aromatic nitrogens is 4. The Kier molecular flexibility index (Phi) is 18.7. The van der Waals surface area contributed by atoms with Gasteiger partial charge in [-0.15, -0.1) is 22.7 Å². The third-order valence-electron chi connectivity index (χ3n) is 14.7. The average Bonchev–Trinajstić information content (AvgIpc) is 1.56. The lowest BCUT2D eigenvalue weighted by atomic mass is 9.50. The minimum atomic E-state index is -5.85. The Balaban J connectivity index is 1.30. The summed E-state index contributed by atoms with van der Waals surface area (Å²) in [7, 11) is -1.08. The summed E-state index contributed by atoms with van der Waals surface area (Å²) >= 11 is 2.73. The minimum Gasteiger partial charge on any atom is -0.497 e. The number of nitrogens with one attached hydrogen (secondary N) is 2. The van der Waals surface area contributed by atoms with Gasteiger partial charge in [0.05, 0.1) is 58.6 Å². The van der Waals surface area contributed by atoms with Crippen LogP contribution in [0.2, 0.25) is 13.6 Å². The van der Waals surface area contributed by atoms with Gasteiger partial charge in [0.2, 0.25) is 11.8 Å². The number of thiazole rings is 2. The van der Waals surface area contributed by atoms with Gasteiger partial charge in [-0.2, -0.15) is 32.1 Å². The lowest BCUT2D eigenvalue weighted by Crippen LogP contribution is -2.53. The van der Waals surface area contributed by atoms with Crippen molar-refractivity contribution in [2.24, 2.45) is 0 Å². The van der Waals surface area contributed by atoms with Gasteiger partial charge in [0.15, 0.2) is 0 Å². The third-order valence-corrected chi connectivity index (χ3v) is 17.9. The fourth-order valence-corrected chi connectivity index (χ4v) is 13.0. The second kappa shape index (κ2) is 26.7. The fraction of sp³-hybridized carbons (Fsp3) is 0.219. The van der Waals surface area contributed by atoms with Crippen LogP contribution in [0.5, 0.6) is 23.0 Å². The second-order valence-electron chi connectivity index (χ2n) is 20.7. The number of ether oxygens (including phenoxy) is 4. The molecule has 0 bridgehead atoms. The topological polar surface area (TPSA) is 212 Å². The van der Waals surface area contributed by atoms with Crippen molar-refractivity contribution in [2.75, 3.05) is 34.5 Å². The summed E-state index contributed by atoms with van der Waals surface area (Å²) in [6, 6.07) is 51.4. The Morgan fingerprint density at radius 1 is 0.602 bits per heavy atom. The molecule has 10 rings (SSSR count). The number of carbonyl (C=O) groups is 2. The number of nitriles is 2. The van der Waals surface area contributed by atoms with Crippen molar-refractivity contribution in [2.45, 2.75) is 57.7 Å². The van der Waals surface area contributed by atoms with E-state index in [0.717, 1.165) is 30.6 Å². The molecular formula is C64H57B2F3N8O8S3. The van der Waals surface area contributed by atoms with Gasteiger partial charge in [0.1, 0.15) is 56.3 Å². The van der Waals surface area contributed by atoms with Crippen LogP contribution in [0.15, 0.2) is 146 Å². The fourth-order valence-electron chi connectivity index (χ4n) is 10.6. The average molecular weight is 1240 g/mol. The first-order chi connectivity index (χ1) is 42.5. The van der Waals surface area contributed by atoms with Crippen LogP contribution in [0.1, 0.15) is 48.5 Å². The Bertz CT molecular complexity index is 4520. The number of amides is 2. The molecule has 2 amide bonds. The van der Waals surface area contributed by atoms with E-state index < -0.39 is 34.7 Å². The van der Waals surface area contributed by atoms with Crippen LogP contribution < -0.4 is 50.6 Å². The first kappa shape index (κ1) is 61.7. The van der Waals surface area contributed by atoms with Crippen LogP contribution in [0.25, 0.3) is 64.9 Å². The molecule has 4 heterocycles. The molecule has 446 valence electrons. The zero-order valence-electron chi connectivity index (χ0n) is 48.5. The molecule has 2 N–H and O–H groups in total. The lowest BCUT2D eigenvalue weighted by Gasteiger charge is -2.23. The second-order valence-corrected chi connectivity index (χ2v) is 24.4. The number of halogens is 3. The highest BCUT2D eigenvalue weighted by Crippen LogP contribution is 2.39. The summed E-state index contributed by atoms with van der Waals surface area (Å²) in [5, 5.41) is 29.9. The Labute approximate surface area is 514 Å². The number of carbonyl (C=O) groups excluding carboxylic acids is 2. The summed E-state index contributed by atoms with van der Waals surface area (Å²) in [4.78, 5) is 34.6. The number of benzene rings is 6. The molecule has 0 fully saturated rings. The van der Waals surface area contributed by atoms with E-state index in [9.17, 15) is 41.7 Å². The van der Waals surface area contributed by atoms with Gasteiger partial charge in [0.25, 0.3) is 6.85 Å². The Morgan fingerprint density at radius 3 is 1.43 bits per heavy atom. The zero-order chi connectivity index (χ0) is 62.3. The molecule has 0 radical (unpaired) electrons. The molecule has 6 aromatic carbocycles. The Hall–Kier alpha value is -9.35. The molecule has 0 saturated carbocycles. The minimum absolute atomic E-state index is 0.0277. The van der Waals surface area contributed by atoms with Crippen molar-refractivity contribution in [3.63, 3.8) is 0 Å². The summed E-state index contributed by atoms with van der Waals surface area (Å²) in [5.41, 5.74) is 0.535. The number of methoxy groups -OCH3 is 2. The van der Waals surface area contributed by atoms with Gasteiger partial charge in [-0.05, 0) is 110 Å². The standard InChI is InChI=1S/C64H57B2F3N8O8S3/c1-65(2)76-58(40-22-26-44(27-23-40)84-34-14-12-20-54(78)72-3)56-57(60(76)48(38-70)62-73-50-36-46(82-4)30-32-52(50)86-62)59(41-24-28-45(29-25-41)85-35-15-13-21-55(79)75-88(80,81)64(67,68)69)77(66(42-16-8-6-9-17-42)43-18-10-7-11-19-43)61(56)49(39-71)63-74-51-37-47(83-5)31-33-53(51)87-63/h6-11,16-19,22-33,36-37H,12-15,20-21,34-35H2,1-5H3,(H,72,78)(H,75,79)/b60-48-,61-49-. The quantitative estimate of drug-likeness (QED) is 0.0452. The van der Waals surface area contributed by atoms with Crippen LogP contribution in [0, 0.1) is 22.7 Å². The third kappa shape index (κ3) is 12.9. The molecule has 0 aliphatic heterocycles. The molecule has 16 nitrogen and oxygen atoms in total. The molecule has 24 heteroatoms. The molecule has 0 aliphatic rings. The molecule has 88 heavy (non-hydrogen) atoms. The lowest BCUT2D eigenvalue weighted by molar-refractivity contribution is -0.121. The number of nitrogens with zero attached hydrogens (tertiary/aromatic N) is 6. The molecule has 10 aromatic rings. The molecule has 0 aliphatic carbocycles. The van der Waals surface area contributed by atoms with Crippen LogP contribution >= 0.6 is 22.7 Å². The van der Waals surface area contributed by atoms with Crippen molar-refractivity contribution in [1.29, 1.82) is 10.5 Å². The van der Waals surface area contributed by atoms with E-state index in [4.69, 9.17) is 28.9 Å². The van der Waals surface area contributed by atoms with Gasteiger partial charge in [-0.25, -0.2) is 14.7 Å². The van der Waals surface area contributed by atoms with E-state index in [2.05, 4.69) is 26.4 Å². The maximum absolute atomic E-state index is 13.0. The molecular weight excluding hydrogens is 1180 g/mol. The molecule has 0 saturated heterocycles. The number of fused-ring (bicyclic) bond motifs is 3.